The minimum atomic E-state index is -0.721. The third kappa shape index (κ3) is 2.66. The van der Waals surface area contributed by atoms with Gasteiger partial charge in [0.25, 0.3) is 5.69 Å². The average Bonchev–Trinajstić information content (AvgIpc) is 2.17. The van der Waals surface area contributed by atoms with Crippen LogP contribution in [-0.2, 0) is 4.74 Å². The first-order chi connectivity index (χ1) is 7.06. The first kappa shape index (κ1) is 11.5. The predicted octanol–water partition coefficient (Wildman–Crippen LogP) is 2.42. The predicted molar refractivity (Wildman–Crippen MR) is 54.1 cm³/mol. The Balaban J connectivity index is 3.17. The van der Waals surface area contributed by atoms with Crippen LogP contribution in [0.4, 0.5) is 5.69 Å². The van der Waals surface area contributed by atoms with Crippen LogP contribution in [0.3, 0.4) is 0 Å². The highest BCUT2D eigenvalue weighted by Gasteiger charge is 2.21. The van der Waals surface area contributed by atoms with Gasteiger partial charge in [-0.15, -0.1) is 0 Å². The Morgan fingerprint density at radius 1 is 1.60 bits per heavy atom. The number of benzene rings is 1. The van der Waals surface area contributed by atoms with Crippen LogP contribution in [0.5, 0.6) is 0 Å². The summed E-state index contributed by atoms with van der Waals surface area (Å²) in [6.07, 6.45) is 0. The van der Waals surface area contributed by atoms with Crippen molar-refractivity contribution in [3.8, 4) is 0 Å². The lowest BCUT2D eigenvalue weighted by atomic mass is 10.2. The van der Waals surface area contributed by atoms with Gasteiger partial charge in [0.15, 0.2) is 0 Å². The molecule has 0 aliphatic heterocycles. The van der Waals surface area contributed by atoms with Gasteiger partial charge < -0.3 is 4.74 Å². The van der Waals surface area contributed by atoms with E-state index in [1.165, 1.54) is 12.1 Å². The Labute approximate surface area is 90.8 Å². The van der Waals surface area contributed by atoms with Crippen LogP contribution < -0.4 is 0 Å². The molecule has 0 fully saturated rings. The molecule has 0 saturated carbocycles. The number of nitrogens with zero attached hydrogens (tertiary/aromatic N) is 1. The molecule has 0 radical (unpaired) electrons. The van der Waals surface area contributed by atoms with Gasteiger partial charge in [-0.1, -0.05) is 11.6 Å². The molecule has 0 aliphatic carbocycles. The van der Waals surface area contributed by atoms with Crippen LogP contribution in [0.25, 0.3) is 0 Å². The van der Waals surface area contributed by atoms with Crippen molar-refractivity contribution in [1.82, 2.24) is 0 Å². The molecule has 0 aromatic heterocycles. The Kier molecular flexibility index (Phi) is 3.62. The fourth-order valence-corrected chi connectivity index (χ4v) is 1.20. The zero-order valence-corrected chi connectivity index (χ0v) is 8.65. The molecule has 0 unspecified atom stereocenters. The summed E-state index contributed by atoms with van der Waals surface area (Å²) >= 11 is 5.59. The molecule has 5 nitrogen and oxygen atoms in total. The number of rotatable bonds is 3. The molecular weight excluding hydrogens is 222 g/mol. The number of hydrogen-bond acceptors (Lipinski definition) is 4. The number of ether oxygens (including phenoxy) is 1. The minimum Gasteiger partial charge on any atom is -0.462 e. The van der Waals surface area contributed by atoms with Gasteiger partial charge in [0.05, 0.1) is 11.5 Å². The lowest BCUT2D eigenvalue weighted by molar-refractivity contribution is -0.385. The number of esters is 1. The van der Waals surface area contributed by atoms with Crippen molar-refractivity contribution in [2.45, 2.75) is 6.92 Å². The van der Waals surface area contributed by atoms with Crippen LogP contribution in [0.1, 0.15) is 17.3 Å². The highest BCUT2D eigenvalue weighted by molar-refractivity contribution is 6.31. The first-order valence-corrected chi connectivity index (χ1v) is 4.55. The van der Waals surface area contributed by atoms with Crippen molar-refractivity contribution in [3.05, 3.63) is 38.9 Å². The van der Waals surface area contributed by atoms with Crippen LogP contribution >= 0.6 is 11.6 Å². The summed E-state index contributed by atoms with van der Waals surface area (Å²) in [6, 6.07) is 3.80. The van der Waals surface area contributed by atoms with Crippen molar-refractivity contribution in [2.24, 2.45) is 0 Å². The van der Waals surface area contributed by atoms with Gasteiger partial charge in [0, 0.05) is 11.1 Å². The summed E-state index contributed by atoms with van der Waals surface area (Å²) in [5.41, 5.74) is -0.438. The molecule has 1 rings (SSSR count). The molecule has 1 aromatic rings. The van der Waals surface area contributed by atoms with E-state index in [0.717, 1.165) is 6.07 Å². The number of carbonyl (C=O) groups excluding carboxylic acids is 1. The van der Waals surface area contributed by atoms with Crippen molar-refractivity contribution in [1.29, 1.82) is 0 Å². The Bertz CT molecular complexity index is 405. The number of hydrogen-bond donors (Lipinski definition) is 0. The molecule has 0 N–H and O–H groups in total. The SMILES string of the molecule is CCOC(=O)c1ccc(Cl)cc1[N+](=O)[O-]. The van der Waals surface area contributed by atoms with E-state index in [2.05, 4.69) is 4.74 Å². The highest BCUT2D eigenvalue weighted by atomic mass is 35.5. The van der Waals surface area contributed by atoms with Gasteiger partial charge >= 0.3 is 5.97 Å². The van der Waals surface area contributed by atoms with E-state index in [4.69, 9.17) is 11.6 Å². The number of halogens is 1. The molecule has 80 valence electrons. The van der Waals surface area contributed by atoms with Crippen molar-refractivity contribution in [2.75, 3.05) is 6.61 Å². The molecule has 15 heavy (non-hydrogen) atoms. The van der Waals surface area contributed by atoms with Crippen LogP contribution in [0.15, 0.2) is 18.2 Å². The second kappa shape index (κ2) is 4.75. The first-order valence-electron chi connectivity index (χ1n) is 4.17. The summed E-state index contributed by atoms with van der Waals surface area (Å²) in [6.45, 7) is 1.79. The number of carbonyl (C=O) groups is 1. The minimum absolute atomic E-state index is 0.0914. The molecule has 0 atom stereocenters. The van der Waals surface area contributed by atoms with E-state index in [0.29, 0.717) is 0 Å². The summed E-state index contributed by atoms with van der Waals surface area (Å²) in [7, 11) is 0. The fourth-order valence-electron chi connectivity index (χ4n) is 1.04. The van der Waals surface area contributed by atoms with E-state index in [9.17, 15) is 14.9 Å². The van der Waals surface area contributed by atoms with Crippen LogP contribution in [0.2, 0.25) is 5.02 Å². The monoisotopic (exact) mass is 229 g/mol. The third-order valence-electron chi connectivity index (χ3n) is 1.65. The van der Waals surface area contributed by atoms with Crippen molar-refractivity contribution >= 4 is 23.3 Å². The van der Waals surface area contributed by atoms with E-state index in [1.54, 1.807) is 6.92 Å². The summed E-state index contributed by atoms with van der Waals surface area (Å²) < 4.78 is 4.67. The van der Waals surface area contributed by atoms with Gasteiger partial charge in [-0.3, -0.25) is 10.1 Å². The number of nitro groups is 1. The Hall–Kier alpha value is -1.62. The van der Waals surface area contributed by atoms with Crippen LogP contribution in [0, 0.1) is 10.1 Å². The lowest BCUT2D eigenvalue weighted by Crippen LogP contribution is -2.07. The van der Waals surface area contributed by atoms with Gasteiger partial charge in [0.2, 0.25) is 0 Å². The van der Waals surface area contributed by atoms with Crippen molar-refractivity contribution < 1.29 is 14.5 Å². The van der Waals surface area contributed by atoms with E-state index >= 15 is 0 Å². The average molecular weight is 230 g/mol. The third-order valence-corrected chi connectivity index (χ3v) is 1.89. The standard InChI is InChI=1S/C9H8ClNO4/c1-2-15-9(12)7-4-3-6(10)5-8(7)11(13)14/h3-5H,2H2,1H3. The van der Waals surface area contributed by atoms with Crippen molar-refractivity contribution in [3.63, 3.8) is 0 Å². The topological polar surface area (TPSA) is 69.4 Å². The summed E-state index contributed by atoms with van der Waals surface area (Å²) in [5, 5.41) is 10.8. The molecule has 0 aliphatic rings. The maximum absolute atomic E-state index is 11.3. The maximum Gasteiger partial charge on any atom is 0.345 e. The van der Waals surface area contributed by atoms with Gasteiger partial charge in [-0.25, -0.2) is 4.79 Å². The quantitative estimate of drug-likeness (QED) is 0.453. The Morgan fingerprint density at radius 3 is 2.80 bits per heavy atom. The summed E-state index contributed by atoms with van der Waals surface area (Å²) in [5.74, 6) is -0.721. The maximum atomic E-state index is 11.3. The molecule has 0 bridgehead atoms. The normalized spacial score (nSPS) is 9.73. The van der Waals surface area contributed by atoms with Gasteiger partial charge in [-0.2, -0.15) is 0 Å². The zero-order valence-electron chi connectivity index (χ0n) is 7.90. The molecule has 1 aromatic carbocycles. The molecule has 6 heteroatoms. The summed E-state index contributed by atoms with van der Waals surface area (Å²) in [4.78, 5) is 21.3. The highest BCUT2D eigenvalue weighted by Crippen LogP contribution is 2.23. The van der Waals surface area contributed by atoms with Crippen LogP contribution in [-0.4, -0.2) is 17.5 Å². The molecule has 0 amide bonds. The largest absolute Gasteiger partial charge is 0.462 e. The zero-order chi connectivity index (χ0) is 11.4. The van der Waals surface area contributed by atoms with E-state index in [1.807, 2.05) is 0 Å². The second-order valence-electron chi connectivity index (χ2n) is 2.64. The Morgan fingerprint density at radius 2 is 2.27 bits per heavy atom. The molecule has 0 saturated heterocycles. The molecular formula is C9H8ClNO4. The molecule has 0 spiro atoms. The second-order valence-corrected chi connectivity index (χ2v) is 3.08. The van der Waals surface area contributed by atoms with E-state index in [-0.39, 0.29) is 22.9 Å². The van der Waals surface area contributed by atoms with Gasteiger partial charge in [-0.05, 0) is 19.1 Å². The fraction of sp³-hybridized carbons (Fsp3) is 0.222. The molecule has 0 heterocycles. The smallest absolute Gasteiger partial charge is 0.345 e. The number of nitro benzene ring substituents is 1. The van der Waals surface area contributed by atoms with Gasteiger partial charge in [0.1, 0.15) is 5.56 Å². The van der Waals surface area contributed by atoms with E-state index < -0.39 is 10.9 Å². The lowest BCUT2D eigenvalue weighted by Gasteiger charge is -2.02.